The molecule has 5 heteroatoms. The average molecular weight is 354 g/mol. The number of carbonyl (C=O) groups is 2. The van der Waals surface area contributed by atoms with Gasteiger partial charge in [-0.25, -0.2) is 0 Å². The number of anilines is 1. The molecule has 2 amide bonds. The van der Waals surface area contributed by atoms with Gasteiger partial charge in [-0.3, -0.25) is 9.59 Å². The zero-order valence-corrected chi connectivity index (χ0v) is 15.8. The van der Waals surface area contributed by atoms with Crippen LogP contribution in [0.25, 0.3) is 0 Å². The molecule has 0 atom stereocenters. The van der Waals surface area contributed by atoms with Crippen LogP contribution in [0.1, 0.15) is 43.1 Å². The van der Waals surface area contributed by atoms with Crippen LogP contribution in [0.4, 0.5) is 5.69 Å². The van der Waals surface area contributed by atoms with Gasteiger partial charge in [0.25, 0.3) is 5.91 Å². The van der Waals surface area contributed by atoms with Crippen molar-refractivity contribution in [3.05, 3.63) is 59.7 Å². The van der Waals surface area contributed by atoms with Crippen LogP contribution < -0.4 is 15.4 Å². The van der Waals surface area contributed by atoms with Gasteiger partial charge in [-0.05, 0) is 47.4 Å². The van der Waals surface area contributed by atoms with Gasteiger partial charge in [-0.2, -0.15) is 0 Å². The molecule has 0 fully saturated rings. The molecule has 0 saturated heterocycles. The van der Waals surface area contributed by atoms with Gasteiger partial charge < -0.3 is 15.4 Å². The molecule has 2 N–H and O–H groups in total. The van der Waals surface area contributed by atoms with Gasteiger partial charge in [-0.15, -0.1) is 0 Å². The van der Waals surface area contributed by atoms with Crippen LogP contribution in [0.3, 0.4) is 0 Å². The first-order valence-corrected chi connectivity index (χ1v) is 8.62. The summed E-state index contributed by atoms with van der Waals surface area (Å²) >= 11 is 0. The first-order valence-electron chi connectivity index (χ1n) is 8.62. The van der Waals surface area contributed by atoms with Crippen molar-refractivity contribution in [2.24, 2.45) is 0 Å². The maximum atomic E-state index is 12.2. The predicted octanol–water partition coefficient (Wildman–Crippen LogP) is 3.75. The van der Waals surface area contributed by atoms with E-state index in [4.69, 9.17) is 4.74 Å². The van der Waals surface area contributed by atoms with Crippen LogP contribution in [-0.4, -0.2) is 25.5 Å². The van der Waals surface area contributed by atoms with Gasteiger partial charge in [0.2, 0.25) is 5.91 Å². The van der Waals surface area contributed by atoms with E-state index in [-0.39, 0.29) is 30.2 Å². The fourth-order valence-corrected chi connectivity index (χ4v) is 2.41. The number of ether oxygens (including phenoxy) is 1. The molecular formula is C21H26N2O3. The second-order valence-electron chi connectivity index (χ2n) is 7.11. The van der Waals surface area contributed by atoms with E-state index < -0.39 is 0 Å². The summed E-state index contributed by atoms with van der Waals surface area (Å²) < 4.78 is 5.07. The molecule has 0 saturated carbocycles. The smallest absolute Gasteiger partial charge is 0.251 e. The highest BCUT2D eigenvalue weighted by atomic mass is 16.5. The Hall–Kier alpha value is -2.82. The molecule has 2 aromatic rings. The molecule has 0 unspecified atom stereocenters. The van der Waals surface area contributed by atoms with E-state index in [0.29, 0.717) is 11.3 Å². The average Bonchev–Trinajstić information content (AvgIpc) is 2.61. The maximum Gasteiger partial charge on any atom is 0.251 e. The third-order valence-corrected chi connectivity index (χ3v) is 4.02. The van der Waals surface area contributed by atoms with Gasteiger partial charge in [-0.1, -0.05) is 32.9 Å². The molecular weight excluding hydrogens is 328 g/mol. The van der Waals surface area contributed by atoms with Gasteiger partial charge in [0.1, 0.15) is 5.75 Å². The van der Waals surface area contributed by atoms with Crippen LogP contribution in [0.5, 0.6) is 5.75 Å². The number of nitrogens with one attached hydrogen (secondary N) is 2. The summed E-state index contributed by atoms with van der Waals surface area (Å²) in [5.41, 5.74) is 2.51. The lowest BCUT2D eigenvalue weighted by Crippen LogP contribution is -2.27. The fourth-order valence-electron chi connectivity index (χ4n) is 2.41. The quantitative estimate of drug-likeness (QED) is 0.830. The molecule has 0 bridgehead atoms. The molecule has 138 valence electrons. The third kappa shape index (κ3) is 5.62. The highest BCUT2D eigenvalue weighted by Crippen LogP contribution is 2.22. The number of methoxy groups -OCH3 is 1. The number of carbonyl (C=O) groups excluding carboxylic acids is 2. The topological polar surface area (TPSA) is 67.4 Å². The van der Waals surface area contributed by atoms with Crippen molar-refractivity contribution in [2.45, 2.75) is 32.6 Å². The Morgan fingerprint density at radius 3 is 2.12 bits per heavy atom. The van der Waals surface area contributed by atoms with Crippen molar-refractivity contribution in [3.63, 3.8) is 0 Å². The Bertz CT molecular complexity index is 744. The minimum atomic E-state index is -0.178. The minimum Gasteiger partial charge on any atom is -0.497 e. The molecule has 5 nitrogen and oxygen atoms in total. The Morgan fingerprint density at radius 1 is 0.962 bits per heavy atom. The van der Waals surface area contributed by atoms with E-state index in [1.54, 1.807) is 31.4 Å². The van der Waals surface area contributed by atoms with Gasteiger partial charge in [0, 0.05) is 24.2 Å². The summed E-state index contributed by atoms with van der Waals surface area (Å²) in [7, 11) is 1.59. The second-order valence-corrected chi connectivity index (χ2v) is 7.11. The molecule has 0 radical (unpaired) electrons. The number of rotatable bonds is 6. The van der Waals surface area contributed by atoms with Crippen molar-refractivity contribution < 1.29 is 14.3 Å². The SMILES string of the molecule is COc1ccc(NC(=O)CCNC(=O)c2ccc(C(C)(C)C)cc2)cc1. The number of hydrogen-bond donors (Lipinski definition) is 2. The lowest BCUT2D eigenvalue weighted by Gasteiger charge is -2.19. The van der Waals surface area contributed by atoms with Crippen LogP contribution in [0.2, 0.25) is 0 Å². The summed E-state index contributed by atoms with van der Waals surface area (Å²) in [5, 5.41) is 5.56. The van der Waals surface area contributed by atoms with Crippen LogP contribution >= 0.6 is 0 Å². The van der Waals surface area contributed by atoms with E-state index >= 15 is 0 Å². The Morgan fingerprint density at radius 2 is 1.58 bits per heavy atom. The molecule has 0 aliphatic carbocycles. The largest absolute Gasteiger partial charge is 0.497 e. The second kappa shape index (κ2) is 8.52. The van der Waals surface area contributed by atoms with Gasteiger partial charge >= 0.3 is 0 Å². The van der Waals surface area contributed by atoms with Gasteiger partial charge in [0.05, 0.1) is 7.11 Å². The Labute approximate surface area is 154 Å². The highest BCUT2D eigenvalue weighted by molar-refractivity contribution is 5.95. The Balaban J connectivity index is 1.79. The standard InChI is InChI=1S/C21H26N2O3/c1-21(2,3)16-7-5-15(6-8-16)20(25)22-14-13-19(24)23-17-9-11-18(26-4)12-10-17/h5-12H,13-14H2,1-4H3,(H,22,25)(H,23,24). The molecule has 2 rings (SSSR count). The van der Waals surface area contributed by atoms with Crippen LogP contribution in [0.15, 0.2) is 48.5 Å². The third-order valence-electron chi connectivity index (χ3n) is 4.02. The Kier molecular flexibility index (Phi) is 6.39. The monoisotopic (exact) mass is 354 g/mol. The normalized spacial score (nSPS) is 10.9. The van der Waals surface area contributed by atoms with E-state index in [1.807, 2.05) is 24.3 Å². The minimum absolute atomic E-state index is 0.0501. The summed E-state index contributed by atoms with van der Waals surface area (Å²) in [6.45, 7) is 6.67. The van der Waals surface area contributed by atoms with Gasteiger partial charge in [0.15, 0.2) is 0 Å². The highest BCUT2D eigenvalue weighted by Gasteiger charge is 2.14. The summed E-state index contributed by atoms with van der Waals surface area (Å²) in [6, 6.07) is 14.6. The van der Waals surface area contributed by atoms with E-state index in [9.17, 15) is 9.59 Å². The molecule has 0 heterocycles. The summed E-state index contributed by atoms with van der Waals surface area (Å²) in [5.74, 6) is 0.397. The van der Waals surface area contributed by atoms with Crippen molar-refractivity contribution in [1.82, 2.24) is 5.32 Å². The van der Waals surface area contributed by atoms with Crippen LogP contribution in [0, 0.1) is 0 Å². The van der Waals surface area contributed by atoms with Crippen molar-refractivity contribution in [3.8, 4) is 5.75 Å². The number of benzene rings is 2. The molecule has 0 spiro atoms. The summed E-state index contributed by atoms with van der Waals surface area (Å²) in [4.78, 5) is 24.1. The lowest BCUT2D eigenvalue weighted by atomic mass is 9.87. The zero-order chi connectivity index (χ0) is 19.2. The van der Waals surface area contributed by atoms with Crippen molar-refractivity contribution in [2.75, 3.05) is 19.0 Å². The molecule has 0 aliphatic rings. The van der Waals surface area contributed by atoms with E-state index in [0.717, 1.165) is 5.75 Å². The predicted molar refractivity (Wildman–Crippen MR) is 104 cm³/mol. The molecule has 2 aromatic carbocycles. The maximum absolute atomic E-state index is 12.2. The first-order chi connectivity index (χ1) is 12.3. The number of hydrogen-bond acceptors (Lipinski definition) is 3. The lowest BCUT2D eigenvalue weighted by molar-refractivity contribution is -0.116. The summed E-state index contributed by atoms with van der Waals surface area (Å²) in [6.07, 6.45) is 0.206. The molecule has 0 aromatic heterocycles. The van der Waals surface area contributed by atoms with E-state index in [1.165, 1.54) is 5.56 Å². The molecule has 26 heavy (non-hydrogen) atoms. The van der Waals surface area contributed by atoms with Crippen LogP contribution in [-0.2, 0) is 10.2 Å². The fraction of sp³-hybridized carbons (Fsp3) is 0.333. The molecule has 0 aliphatic heterocycles. The number of amides is 2. The van der Waals surface area contributed by atoms with E-state index in [2.05, 4.69) is 31.4 Å². The first kappa shape index (κ1) is 19.5. The van der Waals surface area contributed by atoms with Crippen molar-refractivity contribution in [1.29, 1.82) is 0 Å². The van der Waals surface area contributed by atoms with Crippen molar-refractivity contribution >= 4 is 17.5 Å². The zero-order valence-electron chi connectivity index (χ0n) is 15.8.